The molecular formula is C16H23NOS2. The molecule has 1 aliphatic carbocycles. The van der Waals surface area contributed by atoms with Gasteiger partial charge in [-0.15, -0.1) is 12.6 Å². The van der Waals surface area contributed by atoms with Crippen LogP contribution in [-0.4, -0.2) is 23.5 Å². The van der Waals surface area contributed by atoms with Crippen LogP contribution < -0.4 is 5.32 Å². The quantitative estimate of drug-likeness (QED) is 0.821. The molecule has 0 saturated heterocycles. The van der Waals surface area contributed by atoms with E-state index in [9.17, 15) is 4.79 Å². The Balaban J connectivity index is 2.02. The number of carbonyl (C=O) groups excluding carboxylic acids is 1. The molecule has 0 spiro atoms. The molecule has 0 bridgehead atoms. The van der Waals surface area contributed by atoms with Gasteiger partial charge in [-0.2, -0.15) is 11.8 Å². The van der Waals surface area contributed by atoms with Gasteiger partial charge in [0, 0.05) is 21.8 Å². The van der Waals surface area contributed by atoms with Crippen molar-refractivity contribution in [2.75, 3.05) is 12.8 Å². The second kappa shape index (κ2) is 6.90. The molecule has 1 N–H and O–H groups in total. The fourth-order valence-electron chi connectivity index (χ4n) is 2.84. The number of aryl methyl sites for hydroxylation is 1. The molecule has 0 aromatic heterocycles. The van der Waals surface area contributed by atoms with E-state index in [1.807, 2.05) is 36.9 Å². The highest BCUT2D eigenvalue weighted by atomic mass is 32.2. The second-order valence-corrected chi connectivity index (χ2v) is 7.42. The summed E-state index contributed by atoms with van der Waals surface area (Å²) in [4.78, 5) is 13.2. The van der Waals surface area contributed by atoms with Gasteiger partial charge in [0.15, 0.2) is 0 Å². The summed E-state index contributed by atoms with van der Waals surface area (Å²) in [6.07, 6.45) is 8.47. The average Bonchev–Trinajstić information content (AvgIpc) is 2.48. The van der Waals surface area contributed by atoms with Crippen LogP contribution in [0, 0.1) is 6.92 Å². The van der Waals surface area contributed by atoms with Crippen LogP contribution in [0.5, 0.6) is 0 Å². The number of amides is 1. The molecule has 0 unspecified atom stereocenters. The van der Waals surface area contributed by atoms with Gasteiger partial charge in [0.1, 0.15) is 0 Å². The average molecular weight is 310 g/mol. The second-order valence-electron chi connectivity index (χ2n) is 5.63. The van der Waals surface area contributed by atoms with Crippen molar-refractivity contribution in [3.8, 4) is 0 Å². The Labute approximate surface area is 131 Å². The largest absolute Gasteiger partial charge is 0.351 e. The first-order valence-electron chi connectivity index (χ1n) is 7.19. The first-order valence-corrected chi connectivity index (χ1v) is 8.86. The summed E-state index contributed by atoms with van der Waals surface area (Å²) >= 11 is 6.22. The van der Waals surface area contributed by atoms with Crippen LogP contribution in [0.25, 0.3) is 0 Å². The van der Waals surface area contributed by atoms with Crippen LogP contribution in [-0.2, 0) is 0 Å². The SMILES string of the molecule is CSC1(CNC(=O)c2cc(S)ccc2C)CCCCC1. The zero-order chi connectivity index (χ0) is 14.6. The Hall–Kier alpha value is -0.610. The van der Waals surface area contributed by atoms with Gasteiger partial charge in [-0.05, 0) is 43.7 Å². The topological polar surface area (TPSA) is 29.1 Å². The molecule has 0 atom stereocenters. The van der Waals surface area contributed by atoms with Gasteiger partial charge in [-0.25, -0.2) is 0 Å². The highest BCUT2D eigenvalue weighted by Crippen LogP contribution is 2.38. The van der Waals surface area contributed by atoms with E-state index in [2.05, 4.69) is 24.2 Å². The van der Waals surface area contributed by atoms with Gasteiger partial charge in [-0.3, -0.25) is 4.79 Å². The van der Waals surface area contributed by atoms with E-state index in [0.29, 0.717) is 0 Å². The molecule has 20 heavy (non-hydrogen) atoms. The van der Waals surface area contributed by atoms with Crippen molar-refractivity contribution in [3.63, 3.8) is 0 Å². The maximum atomic E-state index is 12.4. The van der Waals surface area contributed by atoms with Crippen molar-refractivity contribution >= 4 is 30.3 Å². The number of hydrogen-bond donors (Lipinski definition) is 2. The first kappa shape index (κ1) is 15.8. The number of benzene rings is 1. The zero-order valence-electron chi connectivity index (χ0n) is 12.2. The zero-order valence-corrected chi connectivity index (χ0v) is 13.9. The molecule has 1 amide bonds. The van der Waals surface area contributed by atoms with Crippen LogP contribution in [0.2, 0.25) is 0 Å². The Morgan fingerprint density at radius 3 is 2.70 bits per heavy atom. The minimum Gasteiger partial charge on any atom is -0.351 e. The minimum atomic E-state index is 0.0254. The maximum absolute atomic E-state index is 12.4. The van der Waals surface area contributed by atoms with Crippen LogP contribution in [0.15, 0.2) is 23.1 Å². The Morgan fingerprint density at radius 1 is 1.35 bits per heavy atom. The maximum Gasteiger partial charge on any atom is 0.251 e. The summed E-state index contributed by atoms with van der Waals surface area (Å²) < 4.78 is 0.236. The lowest BCUT2D eigenvalue weighted by molar-refractivity contribution is 0.0946. The number of thioether (sulfide) groups is 1. The lowest BCUT2D eigenvalue weighted by Gasteiger charge is -2.35. The normalized spacial score (nSPS) is 17.8. The summed E-state index contributed by atoms with van der Waals surface area (Å²) in [7, 11) is 0. The van der Waals surface area contributed by atoms with Gasteiger partial charge < -0.3 is 5.32 Å². The minimum absolute atomic E-state index is 0.0254. The van der Waals surface area contributed by atoms with E-state index in [1.54, 1.807) is 0 Å². The molecular weight excluding hydrogens is 286 g/mol. The lowest BCUT2D eigenvalue weighted by atomic mass is 9.88. The lowest BCUT2D eigenvalue weighted by Crippen LogP contribution is -2.41. The molecule has 1 saturated carbocycles. The number of nitrogens with one attached hydrogen (secondary N) is 1. The fraction of sp³-hybridized carbons (Fsp3) is 0.562. The van der Waals surface area contributed by atoms with E-state index >= 15 is 0 Å². The van der Waals surface area contributed by atoms with Gasteiger partial charge in [0.2, 0.25) is 0 Å². The summed E-state index contributed by atoms with van der Waals surface area (Å²) in [6.45, 7) is 2.73. The number of carbonyl (C=O) groups is 1. The van der Waals surface area contributed by atoms with Crippen LogP contribution >= 0.6 is 24.4 Å². The van der Waals surface area contributed by atoms with Gasteiger partial charge in [0.05, 0.1) is 0 Å². The molecule has 0 radical (unpaired) electrons. The van der Waals surface area contributed by atoms with Crippen molar-refractivity contribution in [1.82, 2.24) is 5.32 Å². The van der Waals surface area contributed by atoms with Crippen molar-refractivity contribution < 1.29 is 4.79 Å². The molecule has 2 rings (SSSR count). The molecule has 4 heteroatoms. The fourth-order valence-corrected chi connectivity index (χ4v) is 3.96. The number of thiol groups is 1. The van der Waals surface area contributed by atoms with Crippen LogP contribution in [0.4, 0.5) is 0 Å². The Morgan fingerprint density at radius 2 is 2.05 bits per heavy atom. The predicted octanol–water partition coefficient (Wildman–Crippen LogP) is 4.08. The first-order chi connectivity index (χ1) is 9.56. The third kappa shape index (κ3) is 3.73. The van der Waals surface area contributed by atoms with Crippen molar-refractivity contribution in [1.29, 1.82) is 0 Å². The number of hydrogen-bond acceptors (Lipinski definition) is 3. The summed E-state index contributed by atoms with van der Waals surface area (Å²) in [5.41, 5.74) is 1.74. The van der Waals surface area contributed by atoms with E-state index in [4.69, 9.17) is 0 Å². The predicted molar refractivity (Wildman–Crippen MR) is 90.1 cm³/mol. The summed E-state index contributed by atoms with van der Waals surface area (Å²) in [5.74, 6) is 0.0254. The highest BCUT2D eigenvalue weighted by molar-refractivity contribution is 8.00. The highest BCUT2D eigenvalue weighted by Gasteiger charge is 2.31. The molecule has 1 aromatic carbocycles. The molecule has 110 valence electrons. The molecule has 2 nitrogen and oxygen atoms in total. The molecule has 1 aromatic rings. The van der Waals surface area contributed by atoms with Crippen molar-refractivity contribution in [2.45, 2.75) is 48.7 Å². The molecule has 1 fully saturated rings. The molecule has 1 aliphatic rings. The third-order valence-corrected chi connectivity index (χ3v) is 5.93. The summed E-state index contributed by atoms with van der Waals surface area (Å²) in [5, 5.41) is 3.13. The van der Waals surface area contributed by atoms with Crippen LogP contribution in [0.1, 0.15) is 48.0 Å². The van der Waals surface area contributed by atoms with E-state index in [0.717, 1.165) is 22.6 Å². The van der Waals surface area contributed by atoms with Gasteiger partial charge in [0.25, 0.3) is 5.91 Å². The van der Waals surface area contributed by atoms with Gasteiger partial charge in [-0.1, -0.05) is 25.3 Å². The van der Waals surface area contributed by atoms with E-state index in [-0.39, 0.29) is 10.7 Å². The molecule has 0 aliphatic heterocycles. The third-order valence-electron chi connectivity index (χ3n) is 4.23. The smallest absolute Gasteiger partial charge is 0.251 e. The summed E-state index contributed by atoms with van der Waals surface area (Å²) in [6, 6.07) is 5.71. The van der Waals surface area contributed by atoms with Crippen LogP contribution in [0.3, 0.4) is 0 Å². The Kier molecular flexibility index (Phi) is 5.44. The molecule has 0 heterocycles. The van der Waals surface area contributed by atoms with E-state index in [1.165, 1.54) is 32.1 Å². The van der Waals surface area contributed by atoms with Crippen molar-refractivity contribution in [2.24, 2.45) is 0 Å². The monoisotopic (exact) mass is 309 g/mol. The standard InChI is InChI=1S/C16H23NOS2/c1-12-6-7-13(19)10-14(12)15(18)17-11-16(20-2)8-4-3-5-9-16/h6-7,10,19H,3-5,8-9,11H2,1-2H3,(H,17,18). The Bertz CT molecular complexity index is 481. The van der Waals surface area contributed by atoms with Crippen molar-refractivity contribution in [3.05, 3.63) is 29.3 Å². The van der Waals surface area contributed by atoms with E-state index < -0.39 is 0 Å². The number of rotatable bonds is 4. The van der Waals surface area contributed by atoms with Gasteiger partial charge >= 0.3 is 0 Å².